The van der Waals surface area contributed by atoms with Crippen LogP contribution in [0.4, 0.5) is 0 Å². The van der Waals surface area contributed by atoms with Crippen LogP contribution in [0.3, 0.4) is 0 Å². The molecule has 0 spiro atoms. The van der Waals surface area contributed by atoms with Crippen molar-refractivity contribution in [2.24, 2.45) is 0 Å². The molecule has 5 nitrogen and oxygen atoms in total. The second-order valence-corrected chi connectivity index (χ2v) is 4.66. The molecule has 3 N–H and O–H groups in total. The van der Waals surface area contributed by atoms with Gasteiger partial charge in [-0.15, -0.1) is 0 Å². The summed E-state index contributed by atoms with van der Waals surface area (Å²) in [6.07, 6.45) is 1.87. The number of carboxylic acid groups (broad SMARTS) is 1. The van der Waals surface area contributed by atoms with Gasteiger partial charge in [-0.1, -0.05) is 31.5 Å². The third kappa shape index (κ3) is 4.66. The van der Waals surface area contributed by atoms with Crippen LogP contribution in [0, 0.1) is 0 Å². The molecule has 0 aliphatic rings. The third-order valence-electron chi connectivity index (χ3n) is 3.09. The highest BCUT2D eigenvalue weighted by molar-refractivity contribution is 5.97. The molecule has 0 aromatic heterocycles. The Hall–Kier alpha value is -1.88. The first-order valence-electron chi connectivity index (χ1n) is 6.86. The summed E-state index contributed by atoms with van der Waals surface area (Å²) in [6.45, 7) is 2.66. The van der Waals surface area contributed by atoms with E-state index in [0.717, 1.165) is 18.5 Å². The van der Waals surface area contributed by atoms with E-state index in [9.17, 15) is 9.59 Å². The predicted octanol–water partition coefficient (Wildman–Crippen LogP) is 1.43. The molecule has 1 aromatic carbocycles. The lowest BCUT2D eigenvalue weighted by Gasteiger charge is -2.15. The van der Waals surface area contributed by atoms with Crippen molar-refractivity contribution in [1.29, 1.82) is 0 Å². The summed E-state index contributed by atoms with van der Waals surface area (Å²) < 4.78 is 0. The fourth-order valence-electron chi connectivity index (χ4n) is 2.00. The van der Waals surface area contributed by atoms with E-state index in [1.54, 1.807) is 12.1 Å². The van der Waals surface area contributed by atoms with Crippen LogP contribution in [0.2, 0.25) is 0 Å². The first-order valence-corrected chi connectivity index (χ1v) is 6.86. The standard InChI is InChI=1S/C15H22N2O3/c1-3-6-13(15(19)20)17-14(18)12-8-5-4-7-11(12)9-10-16-2/h4-5,7-8,13,16H,3,6,9-10H2,1-2H3,(H,17,18)(H,19,20). The van der Waals surface area contributed by atoms with Crippen molar-refractivity contribution < 1.29 is 14.7 Å². The Labute approximate surface area is 119 Å². The van der Waals surface area contributed by atoms with E-state index in [4.69, 9.17) is 5.11 Å². The molecule has 1 aromatic rings. The van der Waals surface area contributed by atoms with Gasteiger partial charge < -0.3 is 15.7 Å². The molecule has 0 saturated carbocycles. The first kappa shape index (κ1) is 16.2. The lowest BCUT2D eigenvalue weighted by molar-refractivity contribution is -0.139. The molecule has 5 heteroatoms. The smallest absolute Gasteiger partial charge is 0.326 e. The number of nitrogens with one attached hydrogen (secondary N) is 2. The number of hydrogen-bond donors (Lipinski definition) is 3. The number of likely N-dealkylation sites (N-methyl/N-ethyl adjacent to an activating group) is 1. The van der Waals surface area contributed by atoms with E-state index in [2.05, 4.69) is 10.6 Å². The number of carbonyl (C=O) groups is 2. The van der Waals surface area contributed by atoms with Gasteiger partial charge in [0.05, 0.1) is 0 Å². The second-order valence-electron chi connectivity index (χ2n) is 4.66. The van der Waals surface area contributed by atoms with Crippen LogP contribution in [-0.4, -0.2) is 36.6 Å². The molecule has 110 valence electrons. The second kappa shape index (κ2) is 8.32. The predicted molar refractivity (Wildman–Crippen MR) is 77.9 cm³/mol. The average Bonchev–Trinajstić information content (AvgIpc) is 2.44. The van der Waals surface area contributed by atoms with Gasteiger partial charge in [0.2, 0.25) is 0 Å². The summed E-state index contributed by atoms with van der Waals surface area (Å²) in [5.41, 5.74) is 1.46. The zero-order valence-electron chi connectivity index (χ0n) is 12.0. The minimum atomic E-state index is -0.993. The fourth-order valence-corrected chi connectivity index (χ4v) is 2.00. The number of carboxylic acids is 1. The Kier molecular flexibility index (Phi) is 6.73. The molecule has 0 radical (unpaired) electrons. The average molecular weight is 278 g/mol. The quantitative estimate of drug-likeness (QED) is 0.672. The Bertz CT molecular complexity index is 460. The van der Waals surface area contributed by atoms with E-state index >= 15 is 0 Å². The summed E-state index contributed by atoms with van der Waals surface area (Å²) in [5.74, 6) is -1.31. The summed E-state index contributed by atoms with van der Waals surface area (Å²) in [4.78, 5) is 23.3. The van der Waals surface area contributed by atoms with Crippen LogP contribution in [-0.2, 0) is 11.2 Å². The minimum absolute atomic E-state index is 0.322. The normalized spacial score (nSPS) is 11.9. The highest BCUT2D eigenvalue weighted by Crippen LogP contribution is 2.10. The van der Waals surface area contributed by atoms with Gasteiger partial charge >= 0.3 is 5.97 Å². The van der Waals surface area contributed by atoms with Gasteiger partial charge in [0, 0.05) is 5.56 Å². The topological polar surface area (TPSA) is 78.4 Å². The number of amides is 1. The van der Waals surface area contributed by atoms with E-state index in [1.807, 2.05) is 26.1 Å². The summed E-state index contributed by atoms with van der Waals surface area (Å²) in [7, 11) is 1.85. The maximum Gasteiger partial charge on any atom is 0.326 e. The van der Waals surface area contributed by atoms with Gasteiger partial charge in [-0.25, -0.2) is 4.79 Å². The van der Waals surface area contributed by atoms with Crippen molar-refractivity contribution in [2.75, 3.05) is 13.6 Å². The van der Waals surface area contributed by atoms with Crippen molar-refractivity contribution in [1.82, 2.24) is 10.6 Å². The van der Waals surface area contributed by atoms with Gasteiger partial charge in [0.15, 0.2) is 0 Å². The van der Waals surface area contributed by atoms with E-state index in [0.29, 0.717) is 18.4 Å². The Morgan fingerprint density at radius 2 is 2.00 bits per heavy atom. The minimum Gasteiger partial charge on any atom is -0.480 e. The highest BCUT2D eigenvalue weighted by atomic mass is 16.4. The molecule has 20 heavy (non-hydrogen) atoms. The Morgan fingerprint density at radius 1 is 1.30 bits per heavy atom. The lowest BCUT2D eigenvalue weighted by Crippen LogP contribution is -2.41. The van der Waals surface area contributed by atoms with Crippen LogP contribution < -0.4 is 10.6 Å². The molecule has 1 unspecified atom stereocenters. The highest BCUT2D eigenvalue weighted by Gasteiger charge is 2.20. The number of hydrogen-bond acceptors (Lipinski definition) is 3. The first-order chi connectivity index (χ1) is 9.60. The molecule has 1 rings (SSSR count). The monoisotopic (exact) mass is 278 g/mol. The molecule has 0 aliphatic carbocycles. The van der Waals surface area contributed by atoms with Crippen molar-refractivity contribution in [2.45, 2.75) is 32.2 Å². The van der Waals surface area contributed by atoms with Gasteiger partial charge in [-0.2, -0.15) is 0 Å². The zero-order valence-corrected chi connectivity index (χ0v) is 12.0. The van der Waals surface area contributed by atoms with Gasteiger partial charge in [0.1, 0.15) is 6.04 Å². The molecule has 0 bridgehead atoms. The summed E-state index contributed by atoms with van der Waals surface area (Å²) in [5, 5.41) is 14.7. The van der Waals surface area contributed by atoms with Gasteiger partial charge in [0.25, 0.3) is 5.91 Å². The van der Waals surface area contributed by atoms with E-state index in [1.165, 1.54) is 0 Å². The molecule has 0 fully saturated rings. The number of carbonyl (C=O) groups excluding carboxylic acids is 1. The Balaban J connectivity index is 2.82. The number of rotatable bonds is 8. The molecule has 0 heterocycles. The number of aliphatic carboxylic acids is 1. The van der Waals surface area contributed by atoms with Crippen LogP contribution >= 0.6 is 0 Å². The van der Waals surface area contributed by atoms with E-state index in [-0.39, 0.29) is 5.91 Å². The van der Waals surface area contributed by atoms with Crippen LogP contribution in [0.1, 0.15) is 35.7 Å². The SMILES string of the molecule is CCCC(NC(=O)c1ccccc1CCNC)C(=O)O. The molecule has 0 saturated heterocycles. The van der Waals surface area contributed by atoms with Gasteiger partial charge in [-0.05, 0) is 38.1 Å². The molecule has 1 amide bonds. The van der Waals surface area contributed by atoms with Crippen LogP contribution in [0.25, 0.3) is 0 Å². The zero-order chi connectivity index (χ0) is 15.0. The van der Waals surface area contributed by atoms with Crippen LogP contribution in [0.5, 0.6) is 0 Å². The van der Waals surface area contributed by atoms with Crippen molar-refractivity contribution in [3.63, 3.8) is 0 Å². The summed E-state index contributed by atoms with van der Waals surface area (Å²) >= 11 is 0. The fraction of sp³-hybridized carbons (Fsp3) is 0.467. The van der Waals surface area contributed by atoms with Crippen molar-refractivity contribution in [3.8, 4) is 0 Å². The van der Waals surface area contributed by atoms with Crippen LogP contribution in [0.15, 0.2) is 24.3 Å². The maximum atomic E-state index is 12.2. The molecular weight excluding hydrogens is 256 g/mol. The van der Waals surface area contributed by atoms with Crippen molar-refractivity contribution in [3.05, 3.63) is 35.4 Å². The van der Waals surface area contributed by atoms with Gasteiger partial charge in [-0.3, -0.25) is 4.79 Å². The van der Waals surface area contributed by atoms with E-state index < -0.39 is 12.0 Å². The maximum absolute atomic E-state index is 12.2. The molecule has 1 atom stereocenters. The molecular formula is C15H22N2O3. The number of benzene rings is 1. The lowest BCUT2D eigenvalue weighted by atomic mass is 10.0. The largest absolute Gasteiger partial charge is 0.480 e. The summed E-state index contributed by atoms with van der Waals surface area (Å²) in [6, 6.07) is 6.45. The third-order valence-corrected chi connectivity index (χ3v) is 3.09. The Morgan fingerprint density at radius 3 is 2.60 bits per heavy atom. The molecule has 0 aliphatic heterocycles. The van der Waals surface area contributed by atoms with Crippen molar-refractivity contribution >= 4 is 11.9 Å².